The Hall–Kier alpha value is -1.09. The van der Waals surface area contributed by atoms with E-state index in [9.17, 15) is 4.39 Å². The number of benzene rings is 1. The first-order valence-electron chi connectivity index (χ1n) is 8.44. The van der Waals surface area contributed by atoms with Crippen LogP contribution in [0.5, 0.6) is 0 Å². The van der Waals surface area contributed by atoms with Gasteiger partial charge in [0, 0.05) is 31.4 Å². The summed E-state index contributed by atoms with van der Waals surface area (Å²) in [5.74, 6) is 0.560. The molecule has 0 atom stereocenters. The molecule has 0 aromatic heterocycles. The van der Waals surface area contributed by atoms with Crippen LogP contribution in [0, 0.1) is 11.7 Å². The summed E-state index contributed by atoms with van der Waals surface area (Å²) in [5.41, 5.74) is 2.08. The summed E-state index contributed by atoms with van der Waals surface area (Å²) in [6.07, 6.45) is 4.88. The summed E-state index contributed by atoms with van der Waals surface area (Å²) in [7, 11) is 0. The van der Waals surface area contributed by atoms with E-state index < -0.39 is 0 Å². The topological polar surface area (TPSA) is 15.3 Å². The number of hydrogen-bond acceptors (Lipinski definition) is 2. The van der Waals surface area contributed by atoms with Crippen molar-refractivity contribution in [2.45, 2.75) is 59.0 Å². The Labute approximate surface area is 128 Å². The largest absolute Gasteiger partial charge is 0.371 e. The van der Waals surface area contributed by atoms with Crippen molar-refractivity contribution < 1.29 is 4.39 Å². The van der Waals surface area contributed by atoms with Gasteiger partial charge in [0.2, 0.25) is 0 Å². The van der Waals surface area contributed by atoms with Crippen LogP contribution in [-0.2, 0) is 6.54 Å². The molecule has 2 rings (SSSR count). The average molecular weight is 292 g/mol. The second-order valence-electron chi connectivity index (χ2n) is 6.19. The highest BCUT2D eigenvalue weighted by atomic mass is 19.1. The Morgan fingerprint density at radius 3 is 2.48 bits per heavy atom. The maximum absolute atomic E-state index is 13.9. The molecule has 0 saturated heterocycles. The van der Waals surface area contributed by atoms with Crippen LogP contribution in [0.1, 0.15) is 52.0 Å². The molecule has 118 valence electrons. The lowest BCUT2D eigenvalue weighted by atomic mass is 10.0. The van der Waals surface area contributed by atoms with Gasteiger partial charge in [-0.25, -0.2) is 4.39 Å². The normalized spacial score (nSPS) is 14.7. The van der Waals surface area contributed by atoms with Crippen molar-refractivity contribution in [1.82, 2.24) is 5.32 Å². The first-order chi connectivity index (χ1) is 10.2. The van der Waals surface area contributed by atoms with E-state index in [0.29, 0.717) is 12.0 Å². The third-order valence-electron chi connectivity index (χ3n) is 4.49. The van der Waals surface area contributed by atoms with Crippen LogP contribution in [-0.4, -0.2) is 19.1 Å². The molecule has 0 spiro atoms. The predicted molar refractivity (Wildman–Crippen MR) is 88.2 cm³/mol. The molecule has 0 aliphatic heterocycles. The Bertz CT molecular complexity index is 439. The molecule has 0 radical (unpaired) electrons. The van der Waals surface area contributed by atoms with Gasteiger partial charge in [-0.3, -0.25) is 0 Å². The van der Waals surface area contributed by atoms with Crippen LogP contribution in [0.3, 0.4) is 0 Å². The molecule has 1 aromatic carbocycles. The number of nitrogens with zero attached hydrogens (tertiary/aromatic N) is 1. The zero-order valence-electron chi connectivity index (χ0n) is 13.7. The van der Waals surface area contributed by atoms with Crippen LogP contribution in [0.2, 0.25) is 0 Å². The Balaban J connectivity index is 2.07. The van der Waals surface area contributed by atoms with E-state index in [1.54, 1.807) is 12.1 Å². The fraction of sp³-hybridized carbons (Fsp3) is 0.667. The van der Waals surface area contributed by atoms with E-state index in [4.69, 9.17) is 0 Å². The SMILES string of the molecule is CCC(CC)CN(CC)c1cc(F)cc(CNC2CC2)c1. The fourth-order valence-corrected chi connectivity index (χ4v) is 2.74. The van der Waals surface area contributed by atoms with Gasteiger partial charge >= 0.3 is 0 Å². The fourth-order valence-electron chi connectivity index (χ4n) is 2.74. The highest BCUT2D eigenvalue weighted by Gasteiger charge is 2.20. The van der Waals surface area contributed by atoms with E-state index in [2.05, 4.69) is 37.1 Å². The molecular weight excluding hydrogens is 263 g/mol. The summed E-state index contributed by atoms with van der Waals surface area (Å²) >= 11 is 0. The number of hydrogen-bond donors (Lipinski definition) is 1. The van der Waals surface area contributed by atoms with Crippen LogP contribution in [0.4, 0.5) is 10.1 Å². The van der Waals surface area contributed by atoms with Gasteiger partial charge in [-0.15, -0.1) is 0 Å². The summed E-state index contributed by atoms with van der Waals surface area (Å²) in [4.78, 5) is 2.31. The van der Waals surface area contributed by atoms with E-state index in [0.717, 1.165) is 30.9 Å². The second kappa shape index (κ2) is 7.79. The van der Waals surface area contributed by atoms with Gasteiger partial charge in [-0.05, 0) is 49.4 Å². The van der Waals surface area contributed by atoms with Crippen molar-refractivity contribution in [3.05, 3.63) is 29.6 Å². The van der Waals surface area contributed by atoms with Crippen LogP contribution in [0.25, 0.3) is 0 Å². The van der Waals surface area contributed by atoms with Crippen molar-refractivity contribution in [3.8, 4) is 0 Å². The van der Waals surface area contributed by atoms with Gasteiger partial charge in [0.25, 0.3) is 0 Å². The molecule has 0 bridgehead atoms. The second-order valence-corrected chi connectivity index (χ2v) is 6.19. The lowest BCUT2D eigenvalue weighted by Crippen LogP contribution is -2.29. The van der Waals surface area contributed by atoms with Gasteiger partial charge in [0.1, 0.15) is 5.82 Å². The number of rotatable bonds is 9. The molecular formula is C18H29FN2. The molecule has 0 amide bonds. The minimum Gasteiger partial charge on any atom is -0.371 e. The van der Waals surface area contributed by atoms with Gasteiger partial charge in [-0.1, -0.05) is 26.7 Å². The van der Waals surface area contributed by atoms with Crippen LogP contribution < -0.4 is 10.2 Å². The van der Waals surface area contributed by atoms with E-state index >= 15 is 0 Å². The Morgan fingerprint density at radius 2 is 1.90 bits per heavy atom. The smallest absolute Gasteiger partial charge is 0.125 e. The number of anilines is 1. The molecule has 3 heteroatoms. The summed E-state index contributed by atoms with van der Waals surface area (Å²) < 4.78 is 13.9. The van der Waals surface area contributed by atoms with Gasteiger partial charge in [0.05, 0.1) is 0 Å². The number of nitrogens with one attached hydrogen (secondary N) is 1. The highest BCUT2D eigenvalue weighted by molar-refractivity contribution is 5.49. The van der Waals surface area contributed by atoms with Gasteiger partial charge < -0.3 is 10.2 Å². The third-order valence-corrected chi connectivity index (χ3v) is 4.49. The zero-order valence-corrected chi connectivity index (χ0v) is 13.7. The monoisotopic (exact) mass is 292 g/mol. The molecule has 0 unspecified atom stereocenters. The zero-order chi connectivity index (χ0) is 15.2. The lowest BCUT2D eigenvalue weighted by Gasteiger charge is -2.28. The summed E-state index contributed by atoms with van der Waals surface area (Å²) in [5, 5.41) is 3.46. The maximum atomic E-state index is 13.9. The van der Waals surface area contributed by atoms with Crippen molar-refractivity contribution in [2.75, 3.05) is 18.0 Å². The van der Waals surface area contributed by atoms with Crippen molar-refractivity contribution in [1.29, 1.82) is 0 Å². The van der Waals surface area contributed by atoms with Gasteiger partial charge in [-0.2, -0.15) is 0 Å². The first kappa shape index (κ1) is 16.3. The first-order valence-corrected chi connectivity index (χ1v) is 8.44. The van der Waals surface area contributed by atoms with Gasteiger partial charge in [0.15, 0.2) is 0 Å². The third kappa shape index (κ3) is 4.99. The van der Waals surface area contributed by atoms with Crippen LogP contribution >= 0.6 is 0 Å². The molecule has 21 heavy (non-hydrogen) atoms. The van der Waals surface area contributed by atoms with E-state index in [1.165, 1.54) is 25.7 Å². The molecule has 1 N–H and O–H groups in total. The van der Waals surface area contributed by atoms with Crippen LogP contribution in [0.15, 0.2) is 18.2 Å². The molecule has 1 saturated carbocycles. The Kier molecular flexibility index (Phi) is 6.04. The minimum atomic E-state index is -0.122. The number of halogens is 1. The molecule has 1 fully saturated rings. The molecule has 1 aliphatic rings. The van der Waals surface area contributed by atoms with Crippen molar-refractivity contribution >= 4 is 5.69 Å². The van der Waals surface area contributed by atoms with Crippen molar-refractivity contribution in [2.24, 2.45) is 5.92 Å². The van der Waals surface area contributed by atoms with E-state index in [-0.39, 0.29) is 5.82 Å². The minimum absolute atomic E-state index is 0.122. The molecule has 1 aliphatic carbocycles. The lowest BCUT2D eigenvalue weighted by molar-refractivity contribution is 0.485. The Morgan fingerprint density at radius 1 is 1.19 bits per heavy atom. The average Bonchev–Trinajstić information content (AvgIpc) is 3.30. The standard InChI is InChI=1S/C18H29FN2/c1-4-14(5-2)13-21(6-3)18-10-15(9-16(19)11-18)12-20-17-7-8-17/h9-11,14,17,20H,4-8,12-13H2,1-3H3. The molecule has 0 heterocycles. The van der Waals surface area contributed by atoms with E-state index in [1.807, 2.05) is 0 Å². The summed E-state index contributed by atoms with van der Waals surface area (Å²) in [6, 6.07) is 6.13. The highest BCUT2D eigenvalue weighted by Crippen LogP contribution is 2.23. The molecule has 1 aromatic rings. The maximum Gasteiger partial charge on any atom is 0.125 e. The molecule has 2 nitrogen and oxygen atoms in total. The predicted octanol–water partition coefficient (Wildman–Crippen LogP) is 4.34. The van der Waals surface area contributed by atoms with Crippen molar-refractivity contribution in [3.63, 3.8) is 0 Å². The quantitative estimate of drug-likeness (QED) is 0.728. The summed E-state index contributed by atoms with van der Waals surface area (Å²) in [6.45, 7) is 9.34.